The van der Waals surface area contributed by atoms with Crippen LogP contribution >= 0.6 is 0 Å². The van der Waals surface area contributed by atoms with Crippen LogP contribution in [0.1, 0.15) is 115 Å². The third kappa shape index (κ3) is 7.25. The van der Waals surface area contributed by atoms with E-state index >= 15 is 0 Å². The van der Waals surface area contributed by atoms with Gasteiger partial charge in [-0.3, -0.25) is 14.4 Å². The van der Waals surface area contributed by atoms with Crippen LogP contribution in [-0.4, -0.2) is 71.8 Å². The molecule has 4 heterocycles. The lowest BCUT2D eigenvalue weighted by Crippen LogP contribution is -2.50. The molecule has 0 aliphatic carbocycles. The third-order valence-corrected chi connectivity index (χ3v) is 10.2. The number of carbonyl (C=O) groups is 3. The molecule has 0 saturated carbocycles. The lowest BCUT2D eigenvalue weighted by Gasteiger charge is -2.40. The monoisotopic (exact) mass is 602 g/mol. The van der Waals surface area contributed by atoms with E-state index in [1.807, 2.05) is 19.1 Å². The number of piperidine rings is 2. The number of hydrogen-bond acceptors (Lipinski definition) is 7. The largest absolute Gasteiger partial charge is 0.382 e. The number of ketones is 1. The molecular formula is C35H50N6O3. The Kier molecular flexibility index (Phi) is 10.2. The van der Waals surface area contributed by atoms with Gasteiger partial charge in [-0.1, -0.05) is 13.8 Å². The second kappa shape index (κ2) is 14.1. The summed E-state index contributed by atoms with van der Waals surface area (Å²) >= 11 is 0. The van der Waals surface area contributed by atoms with Crippen LogP contribution in [0.2, 0.25) is 0 Å². The van der Waals surface area contributed by atoms with E-state index in [2.05, 4.69) is 41.3 Å². The summed E-state index contributed by atoms with van der Waals surface area (Å²) in [6.07, 6.45) is 11.3. The number of nitrogens with one attached hydrogen (secondary N) is 2. The summed E-state index contributed by atoms with van der Waals surface area (Å²) in [7, 11) is 2.16. The molecule has 3 atom stereocenters. The van der Waals surface area contributed by atoms with E-state index in [1.165, 1.54) is 12.8 Å². The lowest BCUT2D eigenvalue weighted by atomic mass is 9.91. The minimum absolute atomic E-state index is 0.0577. The molecule has 4 N–H and O–H groups in total. The van der Waals surface area contributed by atoms with Crippen LogP contribution in [0.25, 0.3) is 0 Å². The van der Waals surface area contributed by atoms with E-state index in [0.717, 1.165) is 69.4 Å². The molecule has 1 aromatic heterocycles. The number of Topliss-reactive ketones (excluding diaryl/α,β-unsaturated/α-hetero) is 1. The van der Waals surface area contributed by atoms with Gasteiger partial charge in [-0.2, -0.15) is 0 Å². The third-order valence-electron chi connectivity index (χ3n) is 10.2. The second-order valence-corrected chi connectivity index (χ2v) is 13.3. The van der Waals surface area contributed by atoms with E-state index in [1.54, 1.807) is 18.3 Å². The van der Waals surface area contributed by atoms with Crippen molar-refractivity contribution in [3.8, 4) is 0 Å². The van der Waals surface area contributed by atoms with Crippen molar-refractivity contribution in [2.24, 2.45) is 11.7 Å². The first-order valence-corrected chi connectivity index (χ1v) is 16.6. The number of aromatic nitrogens is 1. The number of benzene rings is 1. The smallest absolute Gasteiger partial charge is 0.251 e. The Balaban J connectivity index is 1.19. The molecule has 238 valence electrons. The van der Waals surface area contributed by atoms with Crippen molar-refractivity contribution in [1.82, 2.24) is 15.2 Å². The Morgan fingerprint density at radius 2 is 1.68 bits per heavy atom. The number of hydrogen-bond donors (Lipinski definition) is 3. The molecule has 1 unspecified atom stereocenters. The molecule has 9 nitrogen and oxygen atoms in total. The molecule has 9 heteroatoms. The Hall–Kier alpha value is -3.46. The minimum atomic E-state index is -0.504. The van der Waals surface area contributed by atoms with Crippen molar-refractivity contribution >= 4 is 29.1 Å². The van der Waals surface area contributed by atoms with Crippen LogP contribution in [0.5, 0.6) is 0 Å². The van der Waals surface area contributed by atoms with Gasteiger partial charge in [0.15, 0.2) is 5.78 Å². The number of nitrogens with two attached hydrogens (primary N) is 1. The van der Waals surface area contributed by atoms with Crippen LogP contribution in [0.4, 0.5) is 11.5 Å². The maximum Gasteiger partial charge on any atom is 0.251 e. The van der Waals surface area contributed by atoms with Gasteiger partial charge in [-0.05, 0) is 121 Å². The molecular weight excluding hydrogens is 552 g/mol. The molecule has 3 aliphatic rings. The van der Waals surface area contributed by atoms with Crippen LogP contribution in [0.15, 0.2) is 30.5 Å². The molecule has 0 radical (unpaired) electrons. The number of amides is 2. The fourth-order valence-corrected chi connectivity index (χ4v) is 7.45. The highest BCUT2D eigenvalue weighted by Crippen LogP contribution is 2.39. The Bertz CT molecular complexity index is 1320. The molecule has 3 fully saturated rings. The van der Waals surface area contributed by atoms with Gasteiger partial charge in [-0.25, -0.2) is 4.98 Å². The highest BCUT2D eigenvalue weighted by atomic mass is 16.2. The predicted octanol–water partition coefficient (Wildman–Crippen LogP) is 5.32. The summed E-state index contributed by atoms with van der Waals surface area (Å²) in [6.45, 7) is 8.28. The van der Waals surface area contributed by atoms with Crippen LogP contribution in [-0.2, 0) is 0 Å². The first kappa shape index (κ1) is 31.9. The maximum absolute atomic E-state index is 13.5. The zero-order valence-electron chi connectivity index (χ0n) is 26.9. The van der Waals surface area contributed by atoms with Crippen LogP contribution in [0, 0.1) is 12.8 Å². The van der Waals surface area contributed by atoms with E-state index in [9.17, 15) is 14.4 Å². The normalized spacial score (nSPS) is 22.3. The quantitative estimate of drug-likeness (QED) is 0.281. The maximum atomic E-state index is 13.5. The average molecular weight is 603 g/mol. The predicted molar refractivity (Wildman–Crippen MR) is 175 cm³/mol. The molecule has 3 saturated heterocycles. The second-order valence-electron chi connectivity index (χ2n) is 13.3. The van der Waals surface area contributed by atoms with Gasteiger partial charge in [0.2, 0.25) is 0 Å². The fraction of sp³-hybridized carbons (Fsp3) is 0.600. The van der Waals surface area contributed by atoms with Crippen LogP contribution in [0.3, 0.4) is 0 Å². The zero-order valence-corrected chi connectivity index (χ0v) is 26.9. The number of nitrogens with zero attached hydrogens (tertiary/aromatic N) is 3. The summed E-state index contributed by atoms with van der Waals surface area (Å²) < 4.78 is 0. The van der Waals surface area contributed by atoms with Crippen molar-refractivity contribution in [3.05, 3.63) is 52.7 Å². The molecule has 5 rings (SSSR count). The summed E-state index contributed by atoms with van der Waals surface area (Å²) in [5.74, 6) is 1.13. The number of aryl methyl sites for hydroxylation is 1. The Morgan fingerprint density at radius 3 is 2.27 bits per heavy atom. The van der Waals surface area contributed by atoms with E-state index < -0.39 is 5.91 Å². The number of primary amides is 1. The summed E-state index contributed by atoms with van der Waals surface area (Å²) in [5, 5.41) is 6.72. The summed E-state index contributed by atoms with van der Waals surface area (Å²) in [5.41, 5.74) is 8.71. The molecule has 2 bridgehead atoms. The molecule has 0 spiro atoms. The Labute approximate surface area is 262 Å². The van der Waals surface area contributed by atoms with Gasteiger partial charge < -0.3 is 26.2 Å². The molecule has 2 aromatic rings. The SMILES string of the molecule is CCC(CC)Nc1cc(C(=O)NC2C[C@H]3CC[C@@H](C2)N3c2ccc(C(=O)CCC3CCN(C)CC3)cn2)c(C)cc1C(N)=O. The molecule has 44 heavy (non-hydrogen) atoms. The average Bonchev–Trinajstić information content (AvgIpc) is 3.29. The van der Waals surface area contributed by atoms with Crippen LogP contribution < -0.4 is 21.3 Å². The van der Waals surface area contributed by atoms with Gasteiger partial charge in [0.1, 0.15) is 5.82 Å². The lowest BCUT2D eigenvalue weighted by molar-refractivity contribution is 0.0923. The van der Waals surface area contributed by atoms with E-state index in [4.69, 9.17) is 10.7 Å². The standard InChI is InChI=1S/C35H50N6O3/c1-5-25(6-2)38-31-20-29(22(3)17-30(31)34(36)43)35(44)39-26-18-27-9-10-28(19-26)41(27)33-12-8-24(21-37-33)32(42)11-7-23-13-15-40(4)16-14-23/h8,12,17,20-21,23,25-28,38H,5-7,9-11,13-16,18-19H2,1-4H3,(H2,36,43)(H,39,44)/t26?,27-,28+. The van der Waals surface area contributed by atoms with Gasteiger partial charge >= 0.3 is 0 Å². The topological polar surface area (TPSA) is 121 Å². The van der Waals surface area contributed by atoms with Crippen molar-refractivity contribution in [3.63, 3.8) is 0 Å². The van der Waals surface area contributed by atoms with Gasteiger partial charge in [-0.15, -0.1) is 0 Å². The van der Waals surface area contributed by atoms with Crippen molar-refractivity contribution in [2.45, 2.75) is 109 Å². The summed E-state index contributed by atoms with van der Waals surface area (Å²) in [4.78, 5) is 48.1. The van der Waals surface area contributed by atoms with Gasteiger partial charge in [0, 0.05) is 53.6 Å². The molecule has 2 amide bonds. The first-order valence-electron chi connectivity index (χ1n) is 16.6. The van der Waals surface area contributed by atoms with Crippen molar-refractivity contribution in [1.29, 1.82) is 0 Å². The number of likely N-dealkylation sites (tertiary alicyclic amines) is 1. The highest BCUT2D eigenvalue weighted by molar-refractivity contribution is 6.03. The highest BCUT2D eigenvalue weighted by Gasteiger charge is 2.42. The van der Waals surface area contributed by atoms with E-state index in [0.29, 0.717) is 46.8 Å². The van der Waals surface area contributed by atoms with Crippen molar-refractivity contribution < 1.29 is 14.4 Å². The number of fused-ring (bicyclic) bond motifs is 2. The molecule has 1 aromatic carbocycles. The van der Waals surface area contributed by atoms with Gasteiger partial charge in [0.05, 0.1) is 5.56 Å². The minimum Gasteiger partial charge on any atom is -0.382 e. The van der Waals surface area contributed by atoms with Gasteiger partial charge in [0.25, 0.3) is 11.8 Å². The first-order chi connectivity index (χ1) is 21.2. The fourth-order valence-electron chi connectivity index (χ4n) is 7.45. The zero-order chi connectivity index (χ0) is 31.4. The number of anilines is 2. The van der Waals surface area contributed by atoms with Crippen molar-refractivity contribution in [2.75, 3.05) is 30.4 Å². The Morgan fingerprint density at radius 1 is 1.00 bits per heavy atom. The summed E-state index contributed by atoms with van der Waals surface area (Å²) in [6, 6.07) is 8.30. The number of rotatable bonds is 12. The number of carbonyl (C=O) groups excluding carboxylic acids is 3. The van der Waals surface area contributed by atoms with E-state index in [-0.39, 0.29) is 23.8 Å². The number of pyridine rings is 1. The molecule has 3 aliphatic heterocycles.